The third-order valence-electron chi connectivity index (χ3n) is 3.70. The molecule has 0 unspecified atom stereocenters. The quantitative estimate of drug-likeness (QED) is 0.785. The van der Waals surface area contributed by atoms with Crippen molar-refractivity contribution >= 4 is 39.0 Å². The molecular weight excluding hydrogens is 378 g/mol. The van der Waals surface area contributed by atoms with Crippen LogP contribution in [0.25, 0.3) is 0 Å². The lowest BCUT2D eigenvalue weighted by Crippen LogP contribution is -2.30. The highest BCUT2D eigenvalue weighted by Crippen LogP contribution is 2.23. The molecule has 8 heteroatoms. The van der Waals surface area contributed by atoms with E-state index in [-0.39, 0.29) is 10.5 Å². The van der Waals surface area contributed by atoms with Gasteiger partial charge >= 0.3 is 5.97 Å². The number of benzene rings is 2. The Hall–Kier alpha value is -2.38. The Balaban J connectivity index is 2.04. The average molecular weight is 396 g/mol. The number of carbonyl (C=O) groups excluding carboxylic acids is 2. The minimum Gasteiger partial charge on any atom is -0.449 e. The normalized spacial score (nSPS) is 12.3. The van der Waals surface area contributed by atoms with E-state index in [0.29, 0.717) is 16.3 Å². The molecule has 1 atom stereocenters. The van der Waals surface area contributed by atoms with Crippen LogP contribution < -0.4 is 5.32 Å². The number of hydrogen-bond acceptors (Lipinski definition) is 5. The zero-order valence-corrected chi connectivity index (χ0v) is 16.0. The van der Waals surface area contributed by atoms with Crippen LogP contribution in [0.1, 0.15) is 22.8 Å². The number of esters is 1. The van der Waals surface area contributed by atoms with Crippen molar-refractivity contribution in [3.8, 4) is 0 Å². The molecule has 6 nitrogen and oxygen atoms in total. The van der Waals surface area contributed by atoms with E-state index in [0.717, 1.165) is 6.26 Å². The van der Waals surface area contributed by atoms with E-state index in [2.05, 4.69) is 5.32 Å². The number of carbonyl (C=O) groups is 2. The van der Waals surface area contributed by atoms with Gasteiger partial charge in [0.2, 0.25) is 0 Å². The number of nitrogens with one attached hydrogen (secondary N) is 1. The summed E-state index contributed by atoms with van der Waals surface area (Å²) in [5.74, 6) is -1.23. The summed E-state index contributed by atoms with van der Waals surface area (Å²) < 4.78 is 28.0. The second-order valence-corrected chi connectivity index (χ2v) is 8.17. The standard InChI is InChI=1S/C18H18ClNO5S/c1-11-15(19)5-4-6-16(11)20-17(21)12(2)25-18(22)13-7-9-14(10-8-13)26(3,23)24/h4-10,12H,1-3H3,(H,20,21)/t12-/m1/s1. The SMILES string of the molecule is Cc1c(Cl)cccc1NC(=O)[C@@H](C)OC(=O)c1ccc(S(C)(=O)=O)cc1. The molecule has 0 aliphatic carbocycles. The molecule has 0 aliphatic heterocycles. The number of rotatable bonds is 5. The molecule has 0 spiro atoms. The van der Waals surface area contributed by atoms with Crippen LogP contribution in [0.2, 0.25) is 5.02 Å². The Bertz CT molecular complexity index is 939. The average Bonchev–Trinajstić information content (AvgIpc) is 2.58. The highest BCUT2D eigenvalue weighted by atomic mass is 35.5. The van der Waals surface area contributed by atoms with Crippen molar-refractivity contribution in [3.63, 3.8) is 0 Å². The summed E-state index contributed by atoms with van der Waals surface area (Å²) in [6.07, 6.45) is 0.0281. The van der Waals surface area contributed by atoms with Crippen molar-refractivity contribution < 1.29 is 22.7 Å². The molecule has 2 rings (SSSR count). The molecule has 0 bridgehead atoms. The number of halogens is 1. The summed E-state index contributed by atoms with van der Waals surface area (Å²) >= 11 is 6.01. The van der Waals surface area contributed by atoms with Crippen molar-refractivity contribution in [1.82, 2.24) is 0 Å². The maximum absolute atomic E-state index is 12.2. The lowest BCUT2D eigenvalue weighted by molar-refractivity contribution is -0.123. The molecule has 0 radical (unpaired) electrons. The van der Waals surface area contributed by atoms with Crippen molar-refractivity contribution in [3.05, 3.63) is 58.6 Å². The van der Waals surface area contributed by atoms with Crippen molar-refractivity contribution in [1.29, 1.82) is 0 Å². The van der Waals surface area contributed by atoms with Crippen molar-refractivity contribution in [2.45, 2.75) is 24.8 Å². The number of sulfone groups is 1. The molecule has 0 fully saturated rings. The van der Waals surface area contributed by atoms with E-state index in [1.54, 1.807) is 25.1 Å². The van der Waals surface area contributed by atoms with Gasteiger partial charge in [-0.15, -0.1) is 0 Å². The van der Waals surface area contributed by atoms with Crippen LogP contribution in [0, 0.1) is 6.92 Å². The highest BCUT2D eigenvalue weighted by Gasteiger charge is 2.20. The molecular formula is C18H18ClNO5S. The number of anilines is 1. The van der Waals surface area contributed by atoms with Crippen LogP contribution in [-0.4, -0.2) is 32.7 Å². The fourth-order valence-electron chi connectivity index (χ4n) is 2.10. The van der Waals surface area contributed by atoms with Gasteiger partial charge in [-0.1, -0.05) is 17.7 Å². The number of hydrogen-bond donors (Lipinski definition) is 1. The van der Waals surface area contributed by atoms with Gasteiger partial charge in [-0.3, -0.25) is 4.79 Å². The Labute approximate surface area is 157 Å². The molecule has 0 saturated heterocycles. The first-order valence-electron chi connectivity index (χ1n) is 7.66. The minimum absolute atomic E-state index is 0.0938. The maximum atomic E-state index is 12.2. The molecule has 138 valence electrons. The topological polar surface area (TPSA) is 89.5 Å². The van der Waals surface area contributed by atoms with Crippen LogP contribution in [-0.2, 0) is 19.4 Å². The van der Waals surface area contributed by atoms with E-state index >= 15 is 0 Å². The van der Waals surface area contributed by atoms with E-state index in [1.807, 2.05) is 0 Å². The second kappa shape index (κ2) is 7.88. The zero-order valence-electron chi connectivity index (χ0n) is 14.4. The van der Waals surface area contributed by atoms with E-state index < -0.39 is 27.8 Å². The van der Waals surface area contributed by atoms with Gasteiger partial charge in [-0.05, 0) is 55.8 Å². The Kier molecular flexibility index (Phi) is 6.05. The van der Waals surface area contributed by atoms with Crippen molar-refractivity contribution in [2.24, 2.45) is 0 Å². The Morgan fingerprint density at radius 2 is 1.73 bits per heavy atom. The van der Waals surface area contributed by atoms with Gasteiger partial charge in [-0.25, -0.2) is 13.2 Å². The van der Waals surface area contributed by atoms with Gasteiger partial charge < -0.3 is 10.1 Å². The fraction of sp³-hybridized carbons (Fsp3) is 0.222. The summed E-state index contributed by atoms with van der Waals surface area (Å²) in [4.78, 5) is 24.4. The maximum Gasteiger partial charge on any atom is 0.338 e. The first kappa shape index (κ1) is 19.9. The minimum atomic E-state index is -3.35. The molecule has 1 amide bonds. The predicted octanol–water partition coefficient (Wildman–Crippen LogP) is 3.24. The molecule has 2 aromatic carbocycles. The fourth-order valence-corrected chi connectivity index (χ4v) is 2.90. The first-order valence-corrected chi connectivity index (χ1v) is 9.93. The van der Waals surface area contributed by atoms with Gasteiger partial charge in [0.05, 0.1) is 10.5 Å². The lowest BCUT2D eigenvalue weighted by atomic mass is 10.2. The summed E-state index contributed by atoms with van der Waals surface area (Å²) in [5, 5.41) is 3.17. The van der Waals surface area contributed by atoms with E-state index in [9.17, 15) is 18.0 Å². The third-order valence-corrected chi connectivity index (χ3v) is 5.23. The molecule has 2 aromatic rings. The second-order valence-electron chi connectivity index (χ2n) is 5.75. The number of ether oxygens (including phenoxy) is 1. The smallest absolute Gasteiger partial charge is 0.338 e. The Morgan fingerprint density at radius 3 is 2.31 bits per heavy atom. The predicted molar refractivity (Wildman–Crippen MR) is 99.2 cm³/mol. The number of amides is 1. The molecule has 0 saturated carbocycles. The van der Waals surface area contributed by atoms with Crippen LogP contribution in [0.5, 0.6) is 0 Å². The van der Waals surface area contributed by atoms with Gasteiger partial charge in [0, 0.05) is 17.0 Å². The molecule has 0 aromatic heterocycles. The monoisotopic (exact) mass is 395 g/mol. The molecule has 0 aliphatic rings. The largest absolute Gasteiger partial charge is 0.449 e. The van der Waals surface area contributed by atoms with E-state index in [1.165, 1.54) is 31.2 Å². The molecule has 0 heterocycles. The summed E-state index contributed by atoms with van der Waals surface area (Å²) in [7, 11) is -3.35. The first-order chi connectivity index (χ1) is 12.1. The van der Waals surface area contributed by atoms with Gasteiger partial charge in [-0.2, -0.15) is 0 Å². The van der Waals surface area contributed by atoms with Gasteiger partial charge in [0.1, 0.15) is 0 Å². The molecule has 1 N–H and O–H groups in total. The zero-order chi connectivity index (χ0) is 19.5. The highest BCUT2D eigenvalue weighted by molar-refractivity contribution is 7.90. The van der Waals surface area contributed by atoms with Crippen LogP contribution in [0.4, 0.5) is 5.69 Å². The Morgan fingerprint density at radius 1 is 1.12 bits per heavy atom. The van der Waals surface area contributed by atoms with Gasteiger partial charge in [0.25, 0.3) is 5.91 Å². The summed E-state index contributed by atoms with van der Waals surface area (Å²) in [6, 6.07) is 10.4. The molecule has 26 heavy (non-hydrogen) atoms. The van der Waals surface area contributed by atoms with Gasteiger partial charge in [0.15, 0.2) is 15.9 Å². The van der Waals surface area contributed by atoms with Crippen LogP contribution in [0.15, 0.2) is 47.4 Å². The summed E-state index contributed by atoms with van der Waals surface area (Å²) in [5.41, 5.74) is 1.39. The summed E-state index contributed by atoms with van der Waals surface area (Å²) in [6.45, 7) is 3.20. The van der Waals surface area contributed by atoms with Crippen LogP contribution in [0.3, 0.4) is 0 Å². The lowest BCUT2D eigenvalue weighted by Gasteiger charge is -2.15. The van der Waals surface area contributed by atoms with Crippen LogP contribution >= 0.6 is 11.6 Å². The van der Waals surface area contributed by atoms with Crippen molar-refractivity contribution in [2.75, 3.05) is 11.6 Å². The third kappa shape index (κ3) is 4.83. The van der Waals surface area contributed by atoms with E-state index in [4.69, 9.17) is 16.3 Å².